The SMILES string of the molecule is C=CCC(CC(N)C(=O)O)C(=O)N(C)C.Cl. The van der Waals surface area contributed by atoms with E-state index in [4.69, 9.17) is 10.8 Å². The molecule has 0 bridgehead atoms. The minimum atomic E-state index is -1.09. The van der Waals surface area contributed by atoms with Gasteiger partial charge in [-0.2, -0.15) is 0 Å². The Morgan fingerprint density at radius 1 is 1.50 bits per heavy atom. The summed E-state index contributed by atoms with van der Waals surface area (Å²) in [4.78, 5) is 23.6. The van der Waals surface area contributed by atoms with Gasteiger partial charge in [-0.15, -0.1) is 19.0 Å². The van der Waals surface area contributed by atoms with E-state index in [2.05, 4.69) is 6.58 Å². The van der Waals surface area contributed by atoms with Crippen LogP contribution in [0.3, 0.4) is 0 Å². The Bertz CT molecular complexity index is 256. The van der Waals surface area contributed by atoms with Crippen LogP contribution in [-0.4, -0.2) is 42.0 Å². The highest BCUT2D eigenvalue weighted by atomic mass is 35.5. The highest BCUT2D eigenvalue weighted by molar-refractivity contribution is 5.85. The lowest BCUT2D eigenvalue weighted by Gasteiger charge is -2.20. The van der Waals surface area contributed by atoms with E-state index in [9.17, 15) is 9.59 Å². The van der Waals surface area contributed by atoms with Crippen LogP contribution in [0.2, 0.25) is 0 Å². The van der Waals surface area contributed by atoms with Crippen LogP contribution in [-0.2, 0) is 9.59 Å². The van der Waals surface area contributed by atoms with E-state index in [0.29, 0.717) is 6.42 Å². The van der Waals surface area contributed by atoms with E-state index in [0.717, 1.165) is 0 Å². The Labute approximate surface area is 102 Å². The molecular weight excluding hydrogens is 232 g/mol. The number of carboxylic acids is 1. The number of nitrogens with zero attached hydrogens (tertiary/aromatic N) is 1. The van der Waals surface area contributed by atoms with Gasteiger partial charge in [-0.25, -0.2) is 0 Å². The van der Waals surface area contributed by atoms with Crippen molar-refractivity contribution in [1.29, 1.82) is 0 Å². The summed E-state index contributed by atoms with van der Waals surface area (Å²) in [7, 11) is 3.26. The molecule has 0 aromatic heterocycles. The summed E-state index contributed by atoms with van der Waals surface area (Å²) in [5.41, 5.74) is 5.38. The summed E-state index contributed by atoms with van der Waals surface area (Å²) in [6.45, 7) is 3.54. The molecule has 0 saturated carbocycles. The minimum absolute atomic E-state index is 0. The van der Waals surface area contributed by atoms with Gasteiger partial charge in [-0.3, -0.25) is 9.59 Å². The number of aliphatic carboxylic acids is 1. The Morgan fingerprint density at radius 2 is 2.00 bits per heavy atom. The molecule has 16 heavy (non-hydrogen) atoms. The van der Waals surface area contributed by atoms with Gasteiger partial charge in [-0.1, -0.05) is 6.08 Å². The monoisotopic (exact) mass is 250 g/mol. The maximum absolute atomic E-state index is 11.6. The van der Waals surface area contributed by atoms with Gasteiger partial charge in [-0.05, 0) is 12.8 Å². The van der Waals surface area contributed by atoms with E-state index in [1.807, 2.05) is 0 Å². The first-order valence-electron chi connectivity index (χ1n) is 4.70. The standard InChI is InChI=1S/C10H18N2O3.ClH/c1-4-5-7(9(13)12(2)3)6-8(11)10(14)15;/h4,7-8H,1,5-6,11H2,2-3H3,(H,14,15);1H. The topological polar surface area (TPSA) is 83.6 Å². The largest absolute Gasteiger partial charge is 0.480 e. The van der Waals surface area contributed by atoms with Crippen molar-refractivity contribution in [3.63, 3.8) is 0 Å². The number of amides is 1. The predicted octanol–water partition coefficient (Wildman–Crippen LogP) is 0.491. The summed E-state index contributed by atoms with van der Waals surface area (Å²) in [5.74, 6) is -1.61. The summed E-state index contributed by atoms with van der Waals surface area (Å²) in [6.07, 6.45) is 2.18. The van der Waals surface area contributed by atoms with Crippen molar-refractivity contribution < 1.29 is 14.7 Å². The van der Waals surface area contributed by atoms with Crippen molar-refractivity contribution in [2.24, 2.45) is 11.7 Å². The Morgan fingerprint density at radius 3 is 2.31 bits per heavy atom. The third-order valence-electron chi connectivity index (χ3n) is 2.10. The summed E-state index contributed by atoms with van der Waals surface area (Å²) >= 11 is 0. The average Bonchev–Trinajstić information content (AvgIpc) is 2.15. The maximum atomic E-state index is 11.6. The number of carbonyl (C=O) groups is 2. The van der Waals surface area contributed by atoms with Gasteiger partial charge in [0.05, 0.1) is 0 Å². The predicted molar refractivity (Wildman–Crippen MR) is 64.5 cm³/mol. The fraction of sp³-hybridized carbons (Fsp3) is 0.600. The Kier molecular flexibility index (Phi) is 8.80. The second kappa shape index (κ2) is 8.13. The lowest BCUT2D eigenvalue weighted by atomic mass is 9.95. The summed E-state index contributed by atoms with van der Waals surface area (Å²) in [5, 5.41) is 8.64. The van der Waals surface area contributed by atoms with Crippen LogP contribution in [0.15, 0.2) is 12.7 Å². The van der Waals surface area contributed by atoms with Gasteiger partial charge in [0.15, 0.2) is 0 Å². The molecule has 3 N–H and O–H groups in total. The second-order valence-corrected chi connectivity index (χ2v) is 3.63. The Balaban J connectivity index is 0. The molecule has 5 nitrogen and oxygen atoms in total. The second-order valence-electron chi connectivity index (χ2n) is 3.63. The number of rotatable bonds is 6. The van der Waals surface area contributed by atoms with Gasteiger partial charge in [0.2, 0.25) is 5.91 Å². The van der Waals surface area contributed by atoms with E-state index in [1.165, 1.54) is 4.90 Å². The third kappa shape index (κ3) is 5.72. The van der Waals surface area contributed by atoms with Crippen LogP contribution in [0, 0.1) is 5.92 Å². The van der Waals surface area contributed by atoms with Crippen molar-refractivity contribution in [3.8, 4) is 0 Å². The lowest BCUT2D eigenvalue weighted by molar-refractivity contribution is -0.139. The van der Waals surface area contributed by atoms with Gasteiger partial charge in [0, 0.05) is 20.0 Å². The highest BCUT2D eigenvalue weighted by Gasteiger charge is 2.24. The van der Waals surface area contributed by atoms with E-state index < -0.39 is 17.9 Å². The fourth-order valence-corrected chi connectivity index (χ4v) is 1.27. The zero-order valence-corrected chi connectivity index (χ0v) is 10.4. The first kappa shape index (κ1) is 17.3. The number of allylic oxidation sites excluding steroid dienone is 1. The van der Waals surface area contributed by atoms with Gasteiger partial charge >= 0.3 is 5.97 Å². The number of nitrogens with two attached hydrogens (primary N) is 1. The number of carboxylic acid groups (broad SMARTS) is 1. The molecule has 2 atom stereocenters. The van der Waals surface area contributed by atoms with Crippen LogP contribution in [0.4, 0.5) is 0 Å². The molecule has 0 aliphatic rings. The molecule has 0 aliphatic carbocycles. The van der Waals surface area contributed by atoms with E-state index >= 15 is 0 Å². The Hall–Kier alpha value is -1.07. The van der Waals surface area contributed by atoms with Crippen molar-refractivity contribution in [2.45, 2.75) is 18.9 Å². The molecule has 0 aromatic carbocycles. The zero-order valence-electron chi connectivity index (χ0n) is 9.55. The molecule has 0 radical (unpaired) electrons. The fourth-order valence-electron chi connectivity index (χ4n) is 1.27. The first-order chi connectivity index (χ1) is 6.90. The van der Waals surface area contributed by atoms with Crippen molar-refractivity contribution in [1.82, 2.24) is 4.90 Å². The summed E-state index contributed by atoms with van der Waals surface area (Å²) < 4.78 is 0. The van der Waals surface area contributed by atoms with Gasteiger partial charge in [0.1, 0.15) is 6.04 Å². The average molecular weight is 251 g/mol. The van der Waals surface area contributed by atoms with Crippen molar-refractivity contribution >= 4 is 24.3 Å². The normalized spacial score (nSPS) is 13.2. The minimum Gasteiger partial charge on any atom is -0.480 e. The number of halogens is 1. The molecule has 2 unspecified atom stereocenters. The molecular formula is C10H19ClN2O3. The molecule has 0 saturated heterocycles. The van der Waals surface area contributed by atoms with E-state index in [1.54, 1.807) is 20.2 Å². The molecule has 94 valence electrons. The molecule has 0 spiro atoms. The van der Waals surface area contributed by atoms with Gasteiger partial charge in [0.25, 0.3) is 0 Å². The summed E-state index contributed by atoms with van der Waals surface area (Å²) in [6, 6.07) is -1.00. The lowest BCUT2D eigenvalue weighted by Crippen LogP contribution is -2.37. The zero-order chi connectivity index (χ0) is 12.0. The van der Waals surface area contributed by atoms with Crippen LogP contribution in [0.1, 0.15) is 12.8 Å². The molecule has 0 fully saturated rings. The van der Waals surface area contributed by atoms with Crippen LogP contribution < -0.4 is 5.73 Å². The van der Waals surface area contributed by atoms with Crippen molar-refractivity contribution in [2.75, 3.05) is 14.1 Å². The van der Waals surface area contributed by atoms with E-state index in [-0.39, 0.29) is 24.7 Å². The molecule has 6 heteroatoms. The quantitative estimate of drug-likeness (QED) is 0.672. The van der Waals surface area contributed by atoms with Crippen LogP contribution in [0.25, 0.3) is 0 Å². The number of hydrogen-bond acceptors (Lipinski definition) is 3. The molecule has 0 aromatic rings. The molecule has 1 amide bonds. The molecule has 0 heterocycles. The van der Waals surface area contributed by atoms with Crippen LogP contribution >= 0.6 is 12.4 Å². The van der Waals surface area contributed by atoms with Crippen LogP contribution in [0.5, 0.6) is 0 Å². The van der Waals surface area contributed by atoms with Crippen molar-refractivity contribution in [3.05, 3.63) is 12.7 Å². The molecule has 0 rings (SSSR count). The maximum Gasteiger partial charge on any atom is 0.320 e. The first-order valence-corrected chi connectivity index (χ1v) is 4.70. The smallest absolute Gasteiger partial charge is 0.320 e. The third-order valence-corrected chi connectivity index (χ3v) is 2.10. The van der Waals surface area contributed by atoms with Gasteiger partial charge < -0.3 is 15.7 Å². The number of hydrogen-bond donors (Lipinski definition) is 2. The molecule has 0 aliphatic heterocycles. The number of carbonyl (C=O) groups excluding carboxylic acids is 1. The highest BCUT2D eigenvalue weighted by Crippen LogP contribution is 2.13.